The molecule has 0 radical (unpaired) electrons. The summed E-state index contributed by atoms with van der Waals surface area (Å²) in [5, 5.41) is 13.5. The molecule has 2 aliphatic heterocycles. The van der Waals surface area contributed by atoms with Crippen LogP contribution in [0.25, 0.3) is 0 Å². The van der Waals surface area contributed by atoms with E-state index in [4.69, 9.17) is 5.26 Å². The van der Waals surface area contributed by atoms with Crippen LogP contribution in [0.3, 0.4) is 0 Å². The summed E-state index contributed by atoms with van der Waals surface area (Å²) in [6, 6.07) is 10.7. The highest BCUT2D eigenvalue weighted by Crippen LogP contribution is 2.24. The summed E-state index contributed by atoms with van der Waals surface area (Å²) in [4.78, 5) is 28.6. The van der Waals surface area contributed by atoms with Crippen molar-refractivity contribution in [1.29, 1.82) is 5.26 Å². The van der Waals surface area contributed by atoms with Crippen molar-refractivity contribution in [2.75, 3.05) is 19.6 Å². The van der Waals surface area contributed by atoms with Gasteiger partial charge in [-0.1, -0.05) is 6.07 Å². The van der Waals surface area contributed by atoms with Gasteiger partial charge in [0.15, 0.2) is 0 Å². The highest BCUT2D eigenvalue weighted by Gasteiger charge is 2.32. The molecular formula is C19H19N5O2. The SMILES string of the molecule is N#Cc1cccc(C(=O)N2Cc3ccnn3[C@@H](CN3CCCC3=O)C2)c1. The first-order chi connectivity index (χ1) is 12.7. The van der Waals surface area contributed by atoms with E-state index in [1.54, 1.807) is 35.4 Å². The zero-order valence-corrected chi connectivity index (χ0v) is 14.3. The molecule has 0 saturated carbocycles. The number of aromatic nitrogens is 2. The van der Waals surface area contributed by atoms with Gasteiger partial charge < -0.3 is 9.80 Å². The van der Waals surface area contributed by atoms with E-state index in [0.717, 1.165) is 18.7 Å². The quantitative estimate of drug-likeness (QED) is 0.842. The Morgan fingerprint density at radius 2 is 2.23 bits per heavy atom. The van der Waals surface area contributed by atoms with Crippen molar-refractivity contribution in [3.05, 3.63) is 53.3 Å². The van der Waals surface area contributed by atoms with Gasteiger partial charge in [-0.05, 0) is 30.7 Å². The fourth-order valence-electron chi connectivity index (χ4n) is 3.73. The third kappa shape index (κ3) is 2.94. The first-order valence-electron chi connectivity index (χ1n) is 8.75. The summed E-state index contributed by atoms with van der Waals surface area (Å²) in [7, 11) is 0. The standard InChI is InChI=1S/C19H19N5O2/c20-10-14-3-1-4-15(9-14)19(26)23-11-16-6-7-21-24(16)17(13-23)12-22-8-2-5-18(22)25/h1,3-4,6-7,9,17H,2,5,8,11-13H2/t17-/m0/s1. The van der Waals surface area contributed by atoms with Crippen LogP contribution in [-0.2, 0) is 11.3 Å². The predicted molar refractivity (Wildman–Crippen MR) is 93.0 cm³/mol. The Balaban J connectivity index is 1.57. The zero-order chi connectivity index (χ0) is 18.1. The average molecular weight is 349 g/mol. The van der Waals surface area contributed by atoms with Crippen LogP contribution >= 0.6 is 0 Å². The number of carbonyl (C=O) groups is 2. The van der Waals surface area contributed by atoms with E-state index >= 15 is 0 Å². The van der Waals surface area contributed by atoms with E-state index in [0.29, 0.717) is 37.2 Å². The first-order valence-corrected chi connectivity index (χ1v) is 8.75. The summed E-state index contributed by atoms with van der Waals surface area (Å²) in [6.07, 6.45) is 3.22. The number of nitriles is 1. The normalized spacial score (nSPS) is 19.3. The van der Waals surface area contributed by atoms with E-state index in [9.17, 15) is 9.59 Å². The Kier molecular flexibility index (Phi) is 4.17. The van der Waals surface area contributed by atoms with Crippen molar-refractivity contribution in [3.63, 3.8) is 0 Å². The molecule has 0 N–H and O–H groups in total. The Hall–Kier alpha value is -3.14. The summed E-state index contributed by atoms with van der Waals surface area (Å²) in [6.45, 7) is 2.30. The molecule has 1 aromatic carbocycles. The molecule has 132 valence electrons. The number of amides is 2. The third-order valence-electron chi connectivity index (χ3n) is 5.01. The van der Waals surface area contributed by atoms with Gasteiger partial charge in [-0.25, -0.2) is 0 Å². The van der Waals surface area contributed by atoms with Crippen LogP contribution in [0.2, 0.25) is 0 Å². The molecule has 7 heteroatoms. The molecule has 2 amide bonds. The molecule has 0 unspecified atom stereocenters. The Bertz CT molecular complexity index is 897. The van der Waals surface area contributed by atoms with Crippen LogP contribution in [0.5, 0.6) is 0 Å². The number of hydrogen-bond acceptors (Lipinski definition) is 4. The lowest BCUT2D eigenvalue weighted by Crippen LogP contribution is -2.45. The summed E-state index contributed by atoms with van der Waals surface area (Å²) >= 11 is 0. The van der Waals surface area contributed by atoms with Gasteiger partial charge in [-0.3, -0.25) is 14.3 Å². The van der Waals surface area contributed by atoms with Crippen LogP contribution in [0.15, 0.2) is 36.5 Å². The van der Waals surface area contributed by atoms with Gasteiger partial charge in [-0.15, -0.1) is 0 Å². The number of likely N-dealkylation sites (tertiary alicyclic amines) is 1. The fourth-order valence-corrected chi connectivity index (χ4v) is 3.73. The zero-order valence-electron chi connectivity index (χ0n) is 14.3. The van der Waals surface area contributed by atoms with E-state index in [1.807, 2.05) is 15.6 Å². The number of hydrogen-bond donors (Lipinski definition) is 0. The number of rotatable bonds is 3. The summed E-state index contributed by atoms with van der Waals surface area (Å²) in [5.74, 6) is 0.0659. The summed E-state index contributed by atoms with van der Waals surface area (Å²) < 4.78 is 1.93. The van der Waals surface area contributed by atoms with E-state index < -0.39 is 0 Å². The van der Waals surface area contributed by atoms with Crippen molar-refractivity contribution < 1.29 is 9.59 Å². The van der Waals surface area contributed by atoms with Gasteiger partial charge >= 0.3 is 0 Å². The van der Waals surface area contributed by atoms with E-state index in [-0.39, 0.29) is 17.9 Å². The molecule has 1 atom stereocenters. The summed E-state index contributed by atoms with van der Waals surface area (Å²) in [5.41, 5.74) is 1.93. The largest absolute Gasteiger partial charge is 0.340 e. The molecule has 4 rings (SSSR count). The molecule has 2 aliphatic rings. The lowest BCUT2D eigenvalue weighted by Gasteiger charge is -2.35. The monoisotopic (exact) mass is 349 g/mol. The smallest absolute Gasteiger partial charge is 0.254 e. The van der Waals surface area contributed by atoms with Gasteiger partial charge in [0.1, 0.15) is 0 Å². The number of fused-ring (bicyclic) bond motifs is 1. The van der Waals surface area contributed by atoms with Crippen molar-refractivity contribution >= 4 is 11.8 Å². The maximum Gasteiger partial charge on any atom is 0.254 e. The number of nitrogens with zero attached hydrogens (tertiary/aromatic N) is 5. The molecule has 2 aromatic rings. The third-order valence-corrected chi connectivity index (χ3v) is 5.01. The van der Waals surface area contributed by atoms with Crippen LogP contribution in [0.1, 0.15) is 40.5 Å². The lowest BCUT2D eigenvalue weighted by molar-refractivity contribution is -0.128. The molecule has 0 bridgehead atoms. The molecule has 3 heterocycles. The topological polar surface area (TPSA) is 82.2 Å². The second kappa shape index (κ2) is 6.64. The lowest BCUT2D eigenvalue weighted by atomic mass is 10.1. The van der Waals surface area contributed by atoms with Crippen LogP contribution in [-0.4, -0.2) is 51.0 Å². The molecule has 1 saturated heterocycles. The molecule has 0 aliphatic carbocycles. The molecule has 26 heavy (non-hydrogen) atoms. The van der Waals surface area contributed by atoms with Gasteiger partial charge in [0.25, 0.3) is 5.91 Å². The predicted octanol–water partition coefficient (Wildman–Crippen LogP) is 1.57. The Labute approximate surface area is 151 Å². The van der Waals surface area contributed by atoms with Crippen molar-refractivity contribution in [2.24, 2.45) is 0 Å². The van der Waals surface area contributed by atoms with Crippen molar-refractivity contribution in [2.45, 2.75) is 25.4 Å². The van der Waals surface area contributed by atoms with Crippen molar-refractivity contribution in [3.8, 4) is 6.07 Å². The van der Waals surface area contributed by atoms with Crippen molar-refractivity contribution in [1.82, 2.24) is 19.6 Å². The second-order valence-corrected chi connectivity index (χ2v) is 6.74. The van der Waals surface area contributed by atoms with E-state index in [1.165, 1.54) is 0 Å². The van der Waals surface area contributed by atoms with Crippen LogP contribution in [0.4, 0.5) is 0 Å². The van der Waals surface area contributed by atoms with Gasteiger partial charge in [0.05, 0.1) is 29.9 Å². The first kappa shape index (κ1) is 16.3. The maximum atomic E-state index is 13.0. The van der Waals surface area contributed by atoms with Gasteiger partial charge in [0, 0.05) is 37.8 Å². The Morgan fingerprint density at radius 3 is 3.00 bits per heavy atom. The average Bonchev–Trinajstić information content (AvgIpc) is 3.30. The minimum absolute atomic E-state index is 0.0566. The minimum atomic E-state index is -0.104. The highest BCUT2D eigenvalue weighted by atomic mass is 16.2. The second-order valence-electron chi connectivity index (χ2n) is 6.74. The maximum absolute atomic E-state index is 13.0. The Morgan fingerprint density at radius 1 is 1.35 bits per heavy atom. The minimum Gasteiger partial charge on any atom is -0.340 e. The van der Waals surface area contributed by atoms with Crippen LogP contribution < -0.4 is 0 Å². The van der Waals surface area contributed by atoms with Gasteiger partial charge in [0.2, 0.25) is 5.91 Å². The van der Waals surface area contributed by atoms with E-state index in [2.05, 4.69) is 11.2 Å². The molecule has 0 spiro atoms. The number of carbonyl (C=O) groups excluding carboxylic acids is 2. The molecular weight excluding hydrogens is 330 g/mol. The molecule has 7 nitrogen and oxygen atoms in total. The number of benzene rings is 1. The molecule has 1 aromatic heterocycles. The van der Waals surface area contributed by atoms with Gasteiger partial charge in [-0.2, -0.15) is 10.4 Å². The highest BCUT2D eigenvalue weighted by molar-refractivity contribution is 5.94. The fraction of sp³-hybridized carbons (Fsp3) is 0.368. The van der Waals surface area contributed by atoms with Crippen LogP contribution in [0, 0.1) is 11.3 Å². The molecule has 1 fully saturated rings.